The minimum Gasteiger partial charge on any atom is -0.396 e. The standard InChI is InChI=1S/C17H22F4N2O3/c18-15(19)17(20,21)11-26-10-13-2-1-3-14(8-13)22-16(25)23-6-4-12(9-24)5-7-23/h1-3,8,12,15,24H,4-7,9-11H2,(H,22,25). The molecule has 1 fully saturated rings. The summed E-state index contributed by atoms with van der Waals surface area (Å²) in [6, 6.07) is 6.08. The number of likely N-dealkylation sites (tertiary alicyclic amines) is 1. The highest BCUT2D eigenvalue weighted by Gasteiger charge is 2.40. The number of benzene rings is 1. The Bertz CT molecular complexity index is 593. The number of hydrogen-bond donors (Lipinski definition) is 2. The van der Waals surface area contributed by atoms with E-state index in [4.69, 9.17) is 5.11 Å². The number of anilines is 1. The summed E-state index contributed by atoms with van der Waals surface area (Å²) < 4.78 is 54.4. The summed E-state index contributed by atoms with van der Waals surface area (Å²) in [5, 5.41) is 11.8. The van der Waals surface area contributed by atoms with Gasteiger partial charge in [-0.15, -0.1) is 0 Å². The van der Waals surface area contributed by atoms with Crippen molar-refractivity contribution in [3.63, 3.8) is 0 Å². The molecular formula is C17H22F4N2O3. The Morgan fingerprint density at radius 1 is 1.35 bits per heavy atom. The van der Waals surface area contributed by atoms with Crippen LogP contribution in [0.5, 0.6) is 0 Å². The molecule has 0 radical (unpaired) electrons. The van der Waals surface area contributed by atoms with Crippen LogP contribution in [0.2, 0.25) is 0 Å². The van der Waals surface area contributed by atoms with Gasteiger partial charge >= 0.3 is 18.4 Å². The summed E-state index contributed by atoms with van der Waals surface area (Å²) in [6.45, 7) is -0.442. The normalized spacial score (nSPS) is 16.2. The number of carbonyl (C=O) groups excluding carboxylic acids is 1. The third kappa shape index (κ3) is 5.84. The lowest BCUT2D eigenvalue weighted by Crippen LogP contribution is -2.41. The van der Waals surface area contributed by atoms with Crippen LogP contribution in [-0.2, 0) is 11.3 Å². The largest absolute Gasteiger partial charge is 0.396 e. The average molecular weight is 378 g/mol. The van der Waals surface area contributed by atoms with Gasteiger partial charge in [0, 0.05) is 25.4 Å². The Morgan fingerprint density at radius 3 is 2.65 bits per heavy atom. The quantitative estimate of drug-likeness (QED) is 0.716. The zero-order chi connectivity index (χ0) is 19.2. The molecule has 9 heteroatoms. The zero-order valence-electron chi connectivity index (χ0n) is 14.1. The highest BCUT2D eigenvalue weighted by Crippen LogP contribution is 2.24. The monoisotopic (exact) mass is 378 g/mol. The molecule has 2 rings (SSSR count). The number of rotatable bonds is 7. The van der Waals surface area contributed by atoms with Crippen LogP contribution >= 0.6 is 0 Å². The molecule has 26 heavy (non-hydrogen) atoms. The van der Waals surface area contributed by atoms with Gasteiger partial charge in [0.15, 0.2) is 0 Å². The number of ether oxygens (including phenoxy) is 1. The van der Waals surface area contributed by atoms with Gasteiger partial charge in [-0.2, -0.15) is 8.78 Å². The van der Waals surface area contributed by atoms with Gasteiger partial charge in [0.1, 0.15) is 6.61 Å². The smallest absolute Gasteiger partial charge is 0.330 e. The van der Waals surface area contributed by atoms with E-state index in [0.29, 0.717) is 24.3 Å². The van der Waals surface area contributed by atoms with Crippen LogP contribution in [0.4, 0.5) is 28.0 Å². The summed E-state index contributed by atoms with van der Waals surface area (Å²) in [7, 11) is 0. The molecule has 1 saturated heterocycles. The zero-order valence-corrected chi connectivity index (χ0v) is 14.1. The first-order valence-electron chi connectivity index (χ1n) is 8.31. The molecule has 1 aliphatic rings. The van der Waals surface area contributed by atoms with Crippen molar-refractivity contribution in [1.82, 2.24) is 4.90 Å². The maximum atomic E-state index is 12.8. The fourth-order valence-corrected chi connectivity index (χ4v) is 2.63. The molecule has 0 spiro atoms. The van der Waals surface area contributed by atoms with Crippen molar-refractivity contribution in [2.24, 2.45) is 5.92 Å². The Hall–Kier alpha value is -1.87. The van der Waals surface area contributed by atoms with Crippen LogP contribution < -0.4 is 5.32 Å². The van der Waals surface area contributed by atoms with Gasteiger partial charge < -0.3 is 20.1 Å². The van der Waals surface area contributed by atoms with E-state index in [1.807, 2.05) is 0 Å². The molecule has 2 amide bonds. The van der Waals surface area contributed by atoms with Crippen molar-refractivity contribution in [1.29, 1.82) is 0 Å². The topological polar surface area (TPSA) is 61.8 Å². The second kappa shape index (κ2) is 9.18. The first-order chi connectivity index (χ1) is 12.3. The van der Waals surface area contributed by atoms with Crippen molar-refractivity contribution >= 4 is 11.7 Å². The predicted octanol–water partition coefficient (Wildman–Crippen LogP) is 3.34. The lowest BCUT2D eigenvalue weighted by molar-refractivity contribution is -0.168. The fourth-order valence-electron chi connectivity index (χ4n) is 2.63. The number of aliphatic hydroxyl groups excluding tert-OH is 1. The molecule has 1 aliphatic heterocycles. The maximum Gasteiger partial charge on any atom is 0.330 e. The SMILES string of the molecule is O=C(Nc1cccc(COCC(F)(F)C(F)F)c1)N1CCC(CO)CC1. The van der Waals surface area contributed by atoms with E-state index >= 15 is 0 Å². The molecule has 0 unspecified atom stereocenters. The number of alkyl halides is 4. The number of aliphatic hydroxyl groups is 1. The second-order valence-electron chi connectivity index (χ2n) is 6.30. The van der Waals surface area contributed by atoms with Crippen molar-refractivity contribution in [2.75, 3.05) is 31.6 Å². The van der Waals surface area contributed by atoms with Crippen LogP contribution in [0.25, 0.3) is 0 Å². The van der Waals surface area contributed by atoms with E-state index < -0.39 is 19.0 Å². The van der Waals surface area contributed by atoms with E-state index in [-0.39, 0.29) is 25.2 Å². The Balaban J connectivity index is 1.84. The third-order valence-electron chi connectivity index (χ3n) is 4.22. The van der Waals surface area contributed by atoms with Crippen LogP contribution in [0.15, 0.2) is 24.3 Å². The van der Waals surface area contributed by atoms with Gasteiger partial charge in [-0.1, -0.05) is 12.1 Å². The minimum atomic E-state index is -4.19. The van der Waals surface area contributed by atoms with Gasteiger partial charge in [0.2, 0.25) is 0 Å². The van der Waals surface area contributed by atoms with Gasteiger partial charge in [-0.25, -0.2) is 13.6 Å². The molecule has 0 aliphatic carbocycles. The number of carbonyl (C=O) groups is 1. The molecule has 5 nitrogen and oxygen atoms in total. The van der Waals surface area contributed by atoms with E-state index in [9.17, 15) is 22.4 Å². The van der Waals surface area contributed by atoms with Crippen LogP contribution in [-0.4, -0.2) is 54.7 Å². The number of piperidine rings is 1. The molecular weight excluding hydrogens is 356 g/mol. The van der Waals surface area contributed by atoms with Crippen molar-refractivity contribution in [2.45, 2.75) is 31.8 Å². The summed E-state index contributed by atoms with van der Waals surface area (Å²) in [5.41, 5.74) is 0.938. The fraction of sp³-hybridized carbons (Fsp3) is 0.588. The molecule has 1 aromatic carbocycles. The number of halogens is 4. The highest BCUT2D eigenvalue weighted by atomic mass is 19.3. The molecule has 1 aromatic rings. The van der Waals surface area contributed by atoms with Crippen molar-refractivity contribution in [3.8, 4) is 0 Å². The third-order valence-corrected chi connectivity index (χ3v) is 4.22. The van der Waals surface area contributed by atoms with Crippen LogP contribution in [0.1, 0.15) is 18.4 Å². The highest BCUT2D eigenvalue weighted by molar-refractivity contribution is 5.89. The number of amides is 2. The molecule has 0 saturated carbocycles. The number of hydrogen-bond acceptors (Lipinski definition) is 3. The molecule has 2 N–H and O–H groups in total. The van der Waals surface area contributed by atoms with Gasteiger partial charge in [-0.3, -0.25) is 0 Å². The van der Waals surface area contributed by atoms with Gasteiger partial charge in [0.25, 0.3) is 0 Å². The number of nitrogens with zero attached hydrogens (tertiary/aromatic N) is 1. The molecule has 0 aromatic heterocycles. The first kappa shape index (κ1) is 20.4. The summed E-state index contributed by atoms with van der Waals surface area (Å²) in [5.74, 6) is -3.97. The van der Waals surface area contributed by atoms with Gasteiger partial charge in [0.05, 0.1) is 6.61 Å². The lowest BCUT2D eigenvalue weighted by atomic mass is 9.98. The first-order valence-corrected chi connectivity index (χ1v) is 8.31. The Labute approximate surface area is 148 Å². The van der Waals surface area contributed by atoms with E-state index in [0.717, 1.165) is 12.8 Å². The van der Waals surface area contributed by atoms with Crippen molar-refractivity contribution < 1.29 is 32.2 Å². The van der Waals surface area contributed by atoms with Gasteiger partial charge in [-0.05, 0) is 36.5 Å². The molecule has 1 heterocycles. The second-order valence-corrected chi connectivity index (χ2v) is 6.30. The molecule has 146 valence electrons. The van der Waals surface area contributed by atoms with E-state index in [1.54, 1.807) is 29.2 Å². The summed E-state index contributed by atoms with van der Waals surface area (Å²) in [4.78, 5) is 13.9. The average Bonchev–Trinajstić information content (AvgIpc) is 2.62. The Kier molecular flexibility index (Phi) is 7.22. The van der Waals surface area contributed by atoms with Crippen LogP contribution in [0.3, 0.4) is 0 Å². The number of nitrogens with one attached hydrogen (secondary N) is 1. The lowest BCUT2D eigenvalue weighted by Gasteiger charge is -2.31. The Morgan fingerprint density at radius 2 is 2.04 bits per heavy atom. The summed E-state index contributed by atoms with van der Waals surface area (Å²) >= 11 is 0. The van der Waals surface area contributed by atoms with E-state index in [1.165, 1.54) is 0 Å². The predicted molar refractivity (Wildman–Crippen MR) is 87.5 cm³/mol. The maximum absolute atomic E-state index is 12.8. The van der Waals surface area contributed by atoms with E-state index in [2.05, 4.69) is 10.1 Å². The van der Waals surface area contributed by atoms with Crippen LogP contribution in [0, 0.1) is 5.92 Å². The minimum absolute atomic E-state index is 0.113. The molecule has 0 atom stereocenters. The van der Waals surface area contributed by atoms with Crippen molar-refractivity contribution in [3.05, 3.63) is 29.8 Å². The number of urea groups is 1. The summed E-state index contributed by atoms with van der Waals surface area (Å²) in [6.07, 6.45) is -2.31. The molecule has 0 bridgehead atoms.